The highest BCUT2D eigenvalue weighted by Gasteiger charge is 2.14. The van der Waals surface area contributed by atoms with Crippen molar-refractivity contribution in [3.63, 3.8) is 0 Å². The van der Waals surface area contributed by atoms with Gasteiger partial charge in [0.1, 0.15) is 11.6 Å². The molecule has 106 valence electrons. The number of hydrogen-bond donors (Lipinski definition) is 1. The fourth-order valence-electron chi connectivity index (χ4n) is 2.08. The van der Waals surface area contributed by atoms with E-state index in [9.17, 15) is 9.50 Å². The second kappa shape index (κ2) is 6.25. The maximum atomic E-state index is 13.8. The lowest BCUT2D eigenvalue weighted by Gasteiger charge is -2.14. The summed E-state index contributed by atoms with van der Waals surface area (Å²) >= 11 is 5.74. The number of halogens is 2. The average Bonchev–Trinajstić information content (AvgIpc) is 2.44. The fraction of sp³-hybridized carbons (Fsp3) is 0.250. The quantitative estimate of drug-likeness (QED) is 0.921. The molecule has 0 saturated carbocycles. The van der Waals surface area contributed by atoms with E-state index in [0.717, 1.165) is 5.56 Å². The normalized spacial score (nSPS) is 12.2. The Morgan fingerprint density at radius 1 is 1.30 bits per heavy atom. The van der Waals surface area contributed by atoms with Crippen LogP contribution in [0.5, 0.6) is 5.75 Å². The molecule has 0 aliphatic heterocycles. The van der Waals surface area contributed by atoms with Gasteiger partial charge in [0.25, 0.3) is 0 Å². The number of rotatable bonds is 4. The highest BCUT2D eigenvalue weighted by atomic mass is 35.5. The third-order valence-corrected chi connectivity index (χ3v) is 3.55. The maximum absolute atomic E-state index is 13.8. The molecule has 0 aromatic heterocycles. The third-order valence-electron chi connectivity index (χ3n) is 3.26. The first-order chi connectivity index (χ1) is 9.52. The van der Waals surface area contributed by atoms with Gasteiger partial charge < -0.3 is 9.84 Å². The zero-order chi connectivity index (χ0) is 14.7. The molecule has 2 aromatic rings. The highest BCUT2D eigenvalue weighted by molar-refractivity contribution is 6.30. The third kappa shape index (κ3) is 3.11. The van der Waals surface area contributed by atoms with Crippen molar-refractivity contribution in [2.75, 3.05) is 7.11 Å². The Morgan fingerprint density at radius 2 is 2.05 bits per heavy atom. The van der Waals surface area contributed by atoms with Gasteiger partial charge in [-0.25, -0.2) is 4.39 Å². The minimum atomic E-state index is -0.808. The molecule has 0 radical (unpaired) electrons. The van der Waals surface area contributed by atoms with Crippen LogP contribution in [0, 0.1) is 12.7 Å². The topological polar surface area (TPSA) is 29.5 Å². The van der Waals surface area contributed by atoms with Crippen molar-refractivity contribution < 1.29 is 14.2 Å². The van der Waals surface area contributed by atoms with Gasteiger partial charge >= 0.3 is 0 Å². The molecule has 0 spiro atoms. The summed E-state index contributed by atoms with van der Waals surface area (Å²) in [5, 5.41) is 10.3. The monoisotopic (exact) mass is 294 g/mol. The van der Waals surface area contributed by atoms with E-state index in [1.807, 2.05) is 19.1 Å². The lowest BCUT2D eigenvalue weighted by Crippen LogP contribution is -2.04. The molecule has 0 amide bonds. The van der Waals surface area contributed by atoms with E-state index in [1.165, 1.54) is 6.07 Å². The van der Waals surface area contributed by atoms with Crippen LogP contribution in [0.2, 0.25) is 5.02 Å². The van der Waals surface area contributed by atoms with Gasteiger partial charge in [0.15, 0.2) is 0 Å². The molecule has 20 heavy (non-hydrogen) atoms. The number of aliphatic hydroxyl groups excluding tert-OH is 1. The van der Waals surface area contributed by atoms with Gasteiger partial charge in [-0.2, -0.15) is 0 Å². The van der Waals surface area contributed by atoms with E-state index in [0.29, 0.717) is 16.9 Å². The van der Waals surface area contributed by atoms with Crippen molar-refractivity contribution in [2.24, 2.45) is 0 Å². The van der Waals surface area contributed by atoms with Gasteiger partial charge in [0.2, 0.25) is 0 Å². The Kier molecular flexibility index (Phi) is 4.63. The summed E-state index contributed by atoms with van der Waals surface area (Å²) in [7, 11) is 1.58. The van der Waals surface area contributed by atoms with E-state index in [1.54, 1.807) is 25.3 Å². The Balaban J connectivity index is 2.24. The molecular formula is C16H16ClFO2. The standard InChI is InChI=1S/C16H16ClFO2/c1-10-6-7-11(9-15(10)20-2)14(19)8-12-4-3-5-13(17)16(12)18/h3-7,9,14,19H,8H2,1-2H3. The first kappa shape index (κ1) is 14.8. The molecule has 0 saturated heterocycles. The lowest BCUT2D eigenvalue weighted by atomic mass is 9.99. The minimum Gasteiger partial charge on any atom is -0.496 e. The summed E-state index contributed by atoms with van der Waals surface area (Å²) in [6.45, 7) is 1.92. The van der Waals surface area contributed by atoms with Gasteiger partial charge in [0, 0.05) is 6.42 Å². The number of benzene rings is 2. The largest absolute Gasteiger partial charge is 0.496 e. The molecular weight excluding hydrogens is 279 g/mol. The molecule has 0 bridgehead atoms. The molecule has 4 heteroatoms. The van der Waals surface area contributed by atoms with Gasteiger partial charge in [-0.3, -0.25) is 0 Å². The molecule has 1 atom stereocenters. The second-order valence-corrected chi connectivity index (χ2v) is 5.07. The number of aryl methyl sites for hydroxylation is 1. The van der Waals surface area contributed by atoms with E-state index in [2.05, 4.69) is 0 Å². The number of methoxy groups -OCH3 is 1. The van der Waals surface area contributed by atoms with Gasteiger partial charge in [-0.15, -0.1) is 0 Å². The number of ether oxygens (including phenoxy) is 1. The van der Waals surface area contributed by atoms with Crippen molar-refractivity contribution >= 4 is 11.6 Å². The van der Waals surface area contributed by atoms with Crippen LogP contribution in [-0.4, -0.2) is 12.2 Å². The predicted molar refractivity (Wildman–Crippen MR) is 77.8 cm³/mol. The lowest BCUT2D eigenvalue weighted by molar-refractivity contribution is 0.176. The summed E-state index contributed by atoms with van der Waals surface area (Å²) in [6, 6.07) is 10.2. The summed E-state index contributed by atoms with van der Waals surface area (Å²) in [5.41, 5.74) is 2.06. The number of hydrogen-bond acceptors (Lipinski definition) is 2. The number of aliphatic hydroxyl groups is 1. The smallest absolute Gasteiger partial charge is 0.145 e. The van der Waals surface area contributed by atoms with Crippen LogP contribution in [0.15, 0.2) is 36.4 Å². The summed E-state index contributed by atoms with van der Waals surface area (Å²) in [4.78, 5) is 0. The Morgan fingerprint density at radius 3 is 2.75 bits per heavy atom. The highest BCUT2D eigenvalue weighted by Crippen LogP contribution is 2.27. The van der Waals surface area contributed by atoms with E-state index in [4.69, 9.17) is 16.3 Å². The Labute approximate surface area is 122 Å². The molecule has 2 nitrogen and oxygen atoms in total. The first-order valence-corrected chi connectivity index (χ1v) is 6.66. The van der Waals surface area contributed by atoms with Crippen molar-refractivity contribution in [2.45, 2.75) is 19.4 Å². The van der Waals surface area contributed by atoms with Crippen molar-refractivity contribution in [3.8, 4) is 5.75 Å². The van der Waals surface area contributed by atoms with Gasteiger partial charge in [-0.1, -0.05) is 35.9 Å². The zero-order valence-corrected chi connectivity index (χ0v) is 12.1. The molecule has 1 unspecified atom stereocenters. The average molecular weight is 295 g/mol. The summed E-state index contributed by atoms with van der Waals surface area (Å²) < 4.78 is 19.0. The SMILES string of the molecule is COc1cc(C(O)Cc2cccc(Cl)c2F)ccc1C. The van der Waals surface area contributed by atoms with E-state index in [-0.39, 0.29) is 11.4 Å². The van der Waals surface area contributed by atoms with Crippen LogP contribution in [-0.2, 0) is 6.42 Å². The Bertz CT molecular complexity index is 613. The van der Waals surface area contributed by atoms with Gasteiger partial charge in [-0.05, 0) is 35.7 Å². The van der Waals surface area contributed by atoms with E-state index < -0.39 is 11.9 Å². The molecule has 0 aliphatic carbocycles. The first-order valence-electron chi connectivity index (χ1n) is 6.28. The molecule has 0 aliphatic rings. The fourth-order valence-corrected chi connectivity index (χ4v) is 2.27. The van der Waals surface area contributed by atoms with Gasteiger partial charge in [0.05, 0.1) is 18.2 Å². The van der Waals surface area contributed by atoms with Crippen molar-refractivity contribution in [3.05, 3.63) is 63.9 Å². The van der Waals surface area contributed by atoms with Crippen LogP contribution in [0.1, 0.15) is 22.8 Å². The van der Waals surface area contributed by atoms with Crippen LogP contribution >= 0.6 is 11.6 Å². The van der Waals surface area contributed by atoms with Crippen molar-refractivity contribution in [1.82, 2.24) is 0 Å². The predicted octanol–water partition coefficient (Wildman–Crippen LogP) is 4.07. The molecule has 2 rings (SSSR count). The van der Waals surface area contributed by atoms with Crippen molar-refractivity contribution in [1.29, 1.82) is 0 Å². The van der Waals surface area contributed by atoms with Crippen LogP contribution < -0.4 is 4.74 Å². The van der Waals surface area contributed by atoms with E-state index >= 15 is 0 Å². The summed E-state index contributed by atoms with van der Waals surface area (Å²) in [5.74, 6) is 0.223. The zero-order valence-electron chi connectivity index (χ0n) is 11.4. The summed E-state index contributed by atoms with van der Waals surface area (Å²) in [6.07, 6.45) is -0.643. The maximum Gasteiger partial charge on any atom is 0.145 e. The molecule has 1 N–H and O–H groups in total. The van der Waals surface area contributed by atoms with Crippen LogP contribution in [0.4, 0.5) is 4.39 Å². The Hall–Kier alpha value is -1.58. The molecule has 2 aromatic carbocycles. The van der Waals surface area contributed by atoms with Crippen LogP contribution in [0.3, 0.4) is 0 Å². The second-order valence-electron chi connectivity index (χ2n) is 4.66. The van der Waals surface area contributed by atoms with Crippen LogP contribution in [0.25, 0.3) is 0 Å². The molecule has 0 heterocycles. The molecule has 0 fully saturated rings. The minimum absolute atomic E-state index is 0.0659.